The summed E-state index contributed by atoms with van der Waals surface area (Å²) in [7, 11) is 0. The van der Waals surface area contributed by atoms with Crippen molar-refractivity contribution in [3.63, 3.8) is 0 Å². The Labute approximate surface area is 84.3 Å². The van der Waals surface area contributed by atoms with E-state index in [1.165, 1.54) is 19.3 Å². The zero-order valence-electron chi connectivity index (χ0n) is 8.28. The minimum absolute atomic E-state index is 0.471. The van der Waals surface area contributed by atoms with Crippen LogP contribution in [0.15, 0.2) is 18.2 Å². The zero-order valence-corrected chi connectivity index (χ0v) is 8.28. The van der Waals surface area contributed by atoms with Crippen LogP contribution in [0.4, 0.5) is 0 Å². The first-order chi connectivity index (χ1) is 6.88. The zero-order chi connectivity index (χ0) is 9.80. The van der Waals surface area contributed by atoms with Crippen LogP contribution < -0.4 is 5.73 Å². The summed E-state index contributed by atoms with van der Waals surface area (Å²) >= 11 is 0. The summed E-state index contributed by atoms with van der Waals surface area (Å²) in [6, 6.07) is 5.90. The van der Waals surface area contributed by atoms with Gasteiger partial charge in [-0.15, -0.1) is 0 Å². The number of nitrogens with zero attached hydrogens (tertiary/aromatic N) is 1. The Morgan fingerprint density at radius 2 is 2.14 bits per heavy atom. The Bertz CT molecular complexity index is 297. The molecule has 0 aromatic carbocycles. The number of hydrogen-bond acceptors (Lipinski definition) is 3. The van der Waals surface area contributed by atoms with Crippen LogP contribution in [0.1, 0.15) is 30.7 Å². The van der Waals surface area contributed by atoms with Gasteiger partial charge in [-0.05, 0) is 31.4 Å². The molecule has 1 heterocycles. The van der Waals surface area contributed by atoms with E-state index < -0.39 is 0 Å². The van der Waals surface area contributed by atoms with Crippen LogP contribution in [0.5, 0.6) is 0 Å². The molecule has 1 saturated carbocycles. The third-order valence-electron chi connectivity index (χ3n) is 2.59. The van der Waals surface area contributed by atoms with E-state index in [0.29, 0.717) is 19.3 Å². The molecule has 0 saturated heterocycles. The molecule has 76 valence electrons. The van der Waals surface area contributed by atoms with E-state index in [9.17, 15) is 0 Å². The Morgan fingerprint density at radius 1 is 1.36 bits per heavy atom. The highest BCUT2D eigenvalue weighted by Gasteiger charge is 2.17. The topological polar surface area (TPSA) is 48.1 Å². The number of hydrogen-bond donors (Lipinski definition) is 1. The van der Waals surface area contributed by atoms with Crippen molar-refractivity contribution in [3.05, 3.63) is 29.6 Å². The maximum atomic E-state index is 5.66. The summed E-state index contributed by atoms with van der Waals surface area (Å²) in [5.41, 5.74) is 7.42. The van der Waals surface area contributed by atoms with Crippen molar-refractivity contribution in [1.29, 1.82) is 0 Å². The molecule has 3 nitrogen and oxygen atoms in total. The largest absolute Gasteiger partial charge is 0.372 e. The maximum absolute atomic E-state index is 5.66. The van der Waals surface area contributed by atoms with Crippen LogP contribution in [0.3, 0.4) is 0 Å². The number of rotatable bonds is 4. The van der Waals surface area contributed by atoms with Gasteiger partial charge in [-0.2, -0.15) is 0 Å². The molecule has 1 aromatic rings. The summed E-state index contributed by atoms with van der Waals surface area (Å²) in [6.07, 6.45) is 4.19. The number of nitrogens with two attached hydrogens (primary N) is 1. The summed E-state index contributed by atoms with van der Waals surface area (Å²) in [6.45, 7) is 1.12. The predicted molar refractivity (Wildman–Crippen MR) is 54.6 cm³/mol. The van der Waals surface area contributed by atoms with Crippen LogP contribution in [0.2, 0.25) is 0 Å². The second-order valence-electron chi connectivity index (χ2n) is 3.69. The van der Waals surface area contributed by atoms with Crippen molar-refractivity contribution in [2.75, 3.05) is 0 Å². The van der Waals surface area contributed by atoms with Gasteiger partial charge in [0.1, 0.15) is 0 Å². The Hall–Kier alpha value is -0.930. The lowest BCUT2D eigenvalue weighted by molar-refractivity contribution is -0.0101. The van der Waals surface area contributed by atoms with Crippen LogP contribution in [0, 0.1) is 0 Å². The quantitative estimate of drug-likeness (QED) is 0.788. The van der Waals surface area contributed by atoms with Crippen LogP contribution in [-0.4, -0.2) is 11.1 Å². The fourth-order valence-corrected chi connectivity index (χ4v) is 1.46. The molecule has 1 aromatic heterocycles. The SMILES string of the molecule is NCc1cccc(COC2CCC2)n1. The summed E-state index contributed by atoms with van der Waals surface area (Å²) in [4.78, 5) is 4.37. The van der Waals surface area contributed by atoms with Crippen molar-refractivity contribution < 1.29 is 4.74 Å². The minimum atomic E-state index is 0.471. The first-order valence-electron chi connectivity index (χ1n) is 5.15. The molecule has 0 spiro atoms. The summed E-state index contributed by atoms with van der Waals surface area (Å²) < 4.78 is 5.66. The molecule has 1 aliphatic rings. The molecule has 14 heavy (non-hydrogen) atoms. The average molecular weight is 192 g/mol. The van der Waals surface area contributed by atoms with E-state index in [2.05, 4.69) is 4.98 Å². The molecule has 0 unspecified atom stereocenters. The van der Waals surface area contributed by atoms with Gasteiger partial charge in [-0.3, -0.25) is 4.98 Å². The Morgan fingerprint density at radius 3 is 2.79 bits per heavy atom. The van der Waals surface area contributed by atoms with Crippen LogP contribution in [-0.2, 0) is 17.9 Å². The van der Waals surface area contributed by atoms with Crippen molar-refractivity contribution in [2.24, 2.45) is 5.73 Å². The van der Waals surface area contributed by atoms with Gasteiger partial charge in [0.15, 0.2) is 0 Å². The molecule has 1 aliphatic carbocycles. The third-order valence-corrected chi connectivity index (χ3v) is 2.59. The molecule has 3 heteroatoms. The van der Waals surface area contributed by atoms with Gasteiger partial charge < -0.3 is 10.5 Å². The number of ether oxygens (including phenoxy) is 1. The Balaban J connectivity index is 1.87. The Kier molecular flexibility index (Phi) is 3.11. The molecule has 1 fully saturated rings. The van der Waals surface area contributed by atoms with Crippen LogP contribution >= 0.6 is 0 Å². The normalized spacial score (nSPS) is 16.6. The summed E-state index contributed by atoms with van der Waals surface area (Å²) in [5, 5.41) is 0. The molecule has 0 radical (unpaired) electrons. The maximum Gasteiger partial charge on any atom is 0.0891 e. The molecule has 0 bridgehead atoms. The lowest BCUT2D eigenvalue weighted by Gasteiger charge is -2.25. The number of pyridine rings is 1. The van der Waals surface area contributed by atoms with Gasteiger partial charge in [-0.1, -0.05) is 6.07 Å². The van der Waals surface area contributed by atoms with Gasteiger partial charge >= 0.3 is 0 Å². The van der Waals surface area contributed by atoms with Crippen LogP contribution in [0.25, 0.3) is 0 Å². The van der Waals surface area contributed by atoms with E-state index >= 15 is 0 Å². The smallest absolute Gasteiger partial charge is 0.0891 e. The fourth-order valence-electron chi connectivity index (χ4n) is 1.46. The molecule has 0 amide bonds. The van der Waals surface area contributed by atoms with E-state index in [1.54, 1.807) is 0 Å². The van der Waals surface area contributed by atoms with Gasteiger partial charge in [0.25, 0.3) is 0 Å². The van der Waals surface area contributed by atoms with Crippen molar-refractivity contribution >= 4 is 0 Å². The van der Waals surface area contributed by atoms with E-state index in [0.717, 1.165) is 11.4 Å². The molecule has 0 aliphatic heterocycles. The molecule has 2 rings (SSSR count). The van der Waals surface area contributed by atoms with Gasteiger partial charge in [0, 0.05) is 6.54 Å². The highest BCUT2D eigenvalue weighted by Crippen LogP contribution is 2.22. The van der Waals surface area contributed by atoms with E-state index in [4.69, 9.17) is 10.5 Å². The minimum Gasteiger partial charge on any atom is -0.372 e. The van der Waals surface area contributed by atoms with Crippen molar-refractivity contribution in [2.45, 2.75) is 38.5 Å². The lowest BCUT2D eigenvalue weighted by Crippen LogP contribution is -2.21. The highest BCUT2D eigenvalue weighted by molar-refractivity contribution is 5.10. The fraction of sp³-hybridized carbons (Fsp3) is 0.545. The highest BCUT2D eigenvalue weighted by atomic mass is 16.5. The average Bonchev–Trinajstić information content (AvgIpc) is 2.16. The standard InChI is InChI=1S/C11H16N2O/c12-7-9-3-1-4-10(13-9)8-14-11-5-2-6-11/h1,3-4,11H,2,5-8,12H2. The van der Waals surface area contributed by atoms with Crippen molar-refractivity contribution in [3.8, 4) is 0 Å². The third kappa shape index (κ3) is 2.30. The van der Waals surface area contributed by atoms with Gasteiger partial charge in [0.05, 0.1) is 24.1 Å². The predicted octanol–water partition coefficient (Wildman–Crippen LogP) is 1.61. The second kappa shape index (κ2) is 4.53. The van der Waals surface area contributed by atoms with Gasteiger partial charge in [-0.25, -0.2) is 0 Å². The molecular formula is C11H16N2O. The molecular weight excluding hydrogens is 176 g/mol. The summed E-state index contributed by atoms with van der Waals surface area (Å²) in [5.74, 6) is 0. The molecule has 2 N–H and O–H groups in total. The first kappa shape index (κ1) is 9.62. The first-order valence-corrected chi connectivity index (χ1v) is 5.15. The van der Waals surface area contributed by atoms with E-state index in [1.807, 2.05) is 18.2 Å². The molecule has 0 atom stereocenters. The van der Waals surface area contributed by atoms with E-state index in [-0.39, 0.29) is 0 Å². The number of aromatic nitrogens is 1. The second-order valence-corrected chi connectivity index (χ2v) is 3.69. The monoisotopic (exact) mass is 192 g/mol. The van der Waals surface area contributed by atoms with Gasteiger partial charge in [0.2, 0.25) is 0 Å². The lowest BCUT2D eigenvalue weighted by atomic mass is 9.96. The van der Waals surface area contributed by atoms with Crippen molar-refractivity contribution in [1.82, 2.24) is 4.98 Å².